The van der Waals surface area contributed by atoms with Crippen LogP contribution in [0.5, 0.6) is 0 Å². The van der Waals surface area contributed by atoms with Crippen molar-refractivity contribution in [1.82, 2.24) is 15.0 Å². The summed E-state index contributed by atoms with van der Waals surface area (Å²) in [5.74, 6) is 0. The standard InChI is InChI=1S/C13H14F3N3O3/c14-13(15,16)9-3-1-8(2-4-9)12-11(7-21)17-18-19(12)5-10(22)6-20/h1-4,10,20-22H,5-7H2. The van der Waals surface area contributed by atoms with Crippen LogP contribution in [0.2, 0.25) is 0 Å². The van der Waals surface area contributed by atoms with Crippen LogP contribution >= 0.6 is 0 Å². The van der Waals surface area contributed by atoms with Crippen molar-refractivity contribution in [3.63, 3.8) is 0 Å². The Morgan fingerprint density at radius 1 is 1.14 bits per heavy atom. The highest BCUT2D eigenvalue weighted by Crippen LogP contribution is 2.31. The largest absolute Gasteiger partial charge is 0.416 e. The van der Waals surface area contributed by atoms with E-state index in [0.29, 0.717) is 11.3 Å². The third-order valence-electron chi connectivity index (χ3n) is 3.03. The molecule has 0 saturated heterocycles. The molecule has 0 aliphatic rings. The van der Waals surface area contributed by atoms with Gasteiger partial charge in [0, 0.05) is 5.56 Å². The van der Waals surface area contributed by atoms with E-state index in [1.165, 1.54) is 16.8 Å². The molecule has 1 heterocycles. The molecule has 0 fully saturated rings. The first kappa shape index (κ1) is 16.4. The maximum absolute atomic E-state index is 12.6. The lowest BCUT2D eigenvalue weighted by atomic mass is 10.1. The summed E-state index contributed by atoms with van der Waals surface area (Å²) < 4.78 is 39.0. The number of benzene rings is 1. The van der Waals surface area contributed by atoms with Crippen molar-refractivity contribution in [2.24, 2.45) is 0 Å². The Morgan fingerprint density at radius 2 is 1.77 bits per heavy atom. The summed E-state index contributed by atoms with van der Waals surface area (Å²) in [6.45, 7) is -1.05. The van der Waals surface area contributed by atoms with E-state index >= 15 is 0 Å². The molecule has 3 N–H and O–H groups in total. The molecular weight excluding hydrogens is 303 g/mol. The van der Waals surface area contributed by atoms with Crippen molar-refractivity contribution in [3.8, 4) is 11.3 Å². The van der Waals surface area contributed by atoms with E-state index < -0.39 is 31.1 Å². The molecule has 0 bridgehead atoms. The Morgan fingerprint density at radius 3 is 2.27 bits per heavy atom. The normalized spacial score (nSPS) is 13.4. The highest BCUT2D eigenvalue weighted by Gasteiger charge is 2.30. The molecule has 1 aromatic heterocycles. The van der Waals surface area contributed by atoms with Crippen molar-refractivity contribution in [3.05, 3.63) is 35.5 Å². The zero-order chi connectivity index (χ0) is 16.3. The number of hydrogen-bond acceptors (Lipinski definition) is 5. The number of aliphatic hydroxyl groups is 3. The van der Waals surface area contributed by atoms with E-state index in [4.69, 9.17) is 5.11 Å². The minimum atomic E-state index is -4.44. The van der Waals surface area contributed by atoms with Crippen LogP contribution in [0.4, 0.5) is 13.2 Å². The lowest BCUT2D eigenvalue weighted by molar-refractivity contribution is -0.137. The smallest absolute Gasteiger partial charge is 0.394 e. The summed E-state index contributed by atoms with van der Waals surface area (Å²) in [5.41, 5.74) is 0.0389. The first-order chi connectivity index (χ1) is 10.4. The Hall–Kier alpha value is -1.97. The SMILES string of the molecule is OCc1nnn(CC(O)CO)c1-c1ccc(C(F)(F)F)cc1. The van der Waals surface area contributed by atoms with Crippen LogP contribution < -0.4 is 0 Å². The summed E-state index contributed by atoms with van der Waals surface area (Å²) in [6.07, 6.45) is -5.54. The number of nitrogens with zero attached hydrogens (tertiary/aromatic N) is 3. The highest BCUT2D eigenvalue weighted by atomic mass is 19.4. The molecule has 0 amide bonds. The van der Waals surface area contributed by atoms with Gasteiger partial charge in [-0.15, -0.1) is 5.10 Å². The quantitative estimate of drug-likeness (QED) is 0.759. The van der Waals surface area contributed by atoms with Crippen LogP contribution in [-0.4, -0.2) is 43.0 Å². The van der Waals surface area contributed by atoms with Crippen molar-refractivity contribution in [2.45, 2.75) is 25.4 Å². The Balaban J connectivity index is 2.40. The van der Waals surface area contributed by atoms with E-state index in [0.717, 1.165) is 12.1 Å². The van der Waals surface area contributed by atoms with Gasteiger partial charge in [-0.3, -0.25) is 0 Å². The van der Waals surface area contributed by atoms with Gasteiger partial charge in [0.05, 0.1) is 37.1 Å². The van der Waals surface area contributed by atoms with Crippen LogP contribution in [0.25, 0.3) is 11.3 Å². The Kier molecular flexibility index (Phi) is 4.79. The molecule has 0 radical (unpaired) electrons. The van der Waals surface area contributed by atoms with Crippen LogP contribution in [0.15, 0.2) is 24.3 Å². The molecule has 1 atom stereocenters. The van der Waals surface area contributed by atoms with Crippen molar-refractivity contribution in [2.75, 3.05) is 6.61 Å². The summed E-state index contributed by atoms with van der Waals surface area (Å²) >= 11 is 0. The molecule has 2 aromatic rings. The van der Waals surface area contributed by atoms with Gasteiger partial charge >= 0.3 is 6.18 Å². The van der Waals surface area contributed by atoms with Gasteiger partial charge in [0.15, 0.2) is 0 Å². The molecule has 120 valence electrons. The fraction of sp³-hybridized carbons (Fsp3) is 0.385. The van der Waals surface area contributed by atoms with Gasteiger partial charge < -0.3 is 15.3 Å². The number of hydrogen-bond donors (Lipinski definition) is 3. The molecule has 2 rings (SSSR count). The summed E-state index contributed by atoms with van der Waals surface area (Å²) in [4.78, 5) is 0. The molecule has 1 aromatic carbocycles. The lowest BCUT2D eigenvalue weighted by Gasteiger charge is -2.12. The Labute approximate surface area is 123 Å². The summed E-state index contributed by atoms with van der Waals surface area (Å²) in [6, 6.07) is 4.30. The predicted octanol–water partition coefficient (Wildman–Crippen LogP) is 0.809. The summed E-state index contributed by atoms with van der Waals surface area (Å²) in [5, 5.41) is 35.0. The van der Waals surface area contributed by atoms with Gasteiger partial charge in [0.25, 0.3) is 0 Å². The minimum absolute atomic E-state index is 0.0974. The number of aliphatic hydroxyl groups excluding tert-OH is 3. The maximum Gasteiger partial charge on any atom is 0.416 e. The van der Waals surface area contributed by atoms with E-state index in [1.807, 2.05) is 0 Å². The van der Waals surface area contributed by atoms with Gasteiger partial charge in [-0.2, -0.15) is 13.2 Å². The second kappa shape index (κ2) is 6.42. The fourth-order valence-electron chi connectivity index (χ4n) is 1.97. The molecule has 0 aliphatic carbocycles. The zero-order valence-corrected chi connectivity index (χ0v) is 11.3. The number of halogens is 3. The third kappa shape index (κ3) is 3.43. The predicted molar refractivity (Wildman–Crippen MR) is 69.5 cm³/mol. The maximum atomic E-state index is 12.6. The van der Waals surface area contributed by atoms with Gasteiger partial charge in [-0.25, -0.2) is 4.68 Å². The van der Waals surface area contributed by atoms with Crippen LogP contribution in [0.1, 0.15) is 11.3 Å². The molecule has 0 spiro atoms. The topological polar surface area (TPSA) is 91.4 Å². The number of aromatic nitrogens is 3. The second-order valence-electron chi connectivity index (χ2n) is 4.64. The van der Waals surface area contributed by atoms with Crippen LogP contribution in [0.3, 0.4) is 0 Å². The van der Waals surface area contributed by atoms with Gasteiger partial charge in [-0.05, 0) is 12.1 Å². The van der Waals surface area contributed by atoms with Crippen molar-refractivity contribution >= 4 is 0 Å². The fourth-order valence-corrected chi connectivity index (χ4v) is 1.97. The minimum Gasteiger partial charge on any atom is -0.394 e. The van der Waals surface area contributed by atoms with E-state index in [1.54, 1.807) is 0 Å². The van der Waals surface area contributed by atoms with Gasteiger partial charge in [-0.1, -0.05) is 17.3 Å². The molecule has 9 heteroatoms. The van der Waals surface area contributed by atoms with Crippen LogP contribution in [-0.2, 0) is 19.3 Å². The number of alkyl halides is 3. The lowest BCUT2D eigenvalue weighted by Crippen LogP contribution is -2.21. The first-order valence-corrected chi connectivity index (χ1v) is 6.36. The molecular formula is C13H14F3N3O3. The second-order valence-corrected chi connectivity index (χ2v) is 4.64. The molecule has 0 saturated carbocycles. The first-order valence-electron chi connectivity index (χ1n) is 6.36. The zero-order valence-electron chi connectivity index (χ0n) is 11.3. The molecule has 1 unspecified atom stereocenters. The van der Waals surface area contributed by atoms with E-state index in [2.05, 4.69) is 10.3 Å². The Bertz CT molecular complexity index is 626. The summed E-state index contributed by atoms with van der Waals surface area (Å²) in [7, 11) is 0. The van der Waals surface area contributed by atoms with E-state index in [-0.39, 0.29) is 12.2 Å². The van der Waals surface area contributed by atoms with Crippen LogP contribution in [0, 0.1) is 0 Å². The number of rotatable bonds is 5. The third-order valence-corrected chi connectivity index (χ3v) is 3.03. The van der Waals surface area contributed by atoms with Crippen molar-refractivity contribution < 1.29 is 28.5 Å². The molecule has 0 aliphatic heterocycles. The monoisotopic (exact) mass is 317 g/mol. The van der Waals surface area contributed by atoms with Crippen molar-refractivity contribution in [1.29, 1.82) is 0 Å². The average molecular weight is 317 g/mol. The van der Waals surface area contributed by atoms with E-state index in [9.17, 15) is 23.4 Å². The molecule has 22 heavy (non-hydrogen) atoms. The highest BCUT2D eigenvalue weighted by molar-refractivity contribution is 5.62. The molecule has 6 nitrogen and oxygen atoms in total. The van der Waals surface area contributed by atoms with Gasteiger partial charge in [0.1, 0.15) is 5.69 Å². The average Bonchev–Trinajstić information content (AvgIpc) is 2.89. The van der Waals surface area contributed by atoms with Gasteiger partial charge in [0.2, 0.25) is 0 Å².